The van der Waals surface area contributed by atoms with Crippen LogP contribution in [0.4, 0.5) is 0 Å². The molecule has 0 saturated carbocycles. The van der Waals surface area contributed by atoms with Crippen LogP contribution in [0.1, 0.15) is 13.3 Å². The van der Waals surface area contributed by atoms with Crippen LogP contribution >= 0.6 is 0 Å². The Hall–Kier alpha value is -1.12. The molecule has 0 aromatic heterocycles. The van der Waals surface area contributed by atoms with Crippen molar-refractivity contribution >= 4 is 12.2 Å². The third-order valence-electron chi connectivity index (χ3n) is 0.933. The Morgan fingerprint density at radius 3 is 2.80 bits per heavy atom. The summed E-state index contributed by atoms with van der Waals surface area (Å²) in [5.41, 5.74) is 0. The molecule has 0 aliphatic rings. The van der Waals surface area contributed by atoms with Gasteiger partial charge in [0.15, 0.2) is 0 Å². The highest BCUT2D eigenvalue weighted by Crippen LogP contribution is 1.79. The van der Waals surface area contributed by atoms with Crippen LogP contribution in [0.3, 0.4) is 0 Å². The van der Waals surface area contributed by atoms with Crippen molar-refractivity contribution < 1.29 is 0 Å². The molecule has 56 valence electrons. The molecule has 0 aliphatic heterocycles. The lowest BCUT2D eigenvalue weighted by Gasteiger charge is -1.97. The first-order valence-corrected chi connectivity index (χ1v) is 3.19. The molecule has 0 spiro atoms. The average Bonchev–Trinajstić information content (AvgIpc) is 1.98. The predicted molar refractivity (Wildman–Crippen MR) is 45.5 cm³/mol. The minimum absolute atomic E-state index is 0.859. The molecular weight excluding hydrogens is 126 g/mol. The number of amidine groups is 1. The van der Waals surface area contributed by atoms with Gasteiger partial charge in [0.05, 0.1) is 0 Å². The second kappa shape index (κ2) is 6.01. The van der Waals surface area contributed by atoms with E-state index in [1.54, 1.807) is 13.2 Å². The lowest BCUT2D eigenvalue weighted by atomic mass is 10.4. The van der Waals surface area contributed by atoms with Crippen molar-refractivity contribution in [1.82, 2.24) is 5.32 Å². The zero-order chi connectivity index (χ0) is 7.82. The van der Waals surface area contributed by atoms with Gasteiger partial charge in [0, 0.05) is 13.5 Å². The van der Waals surface area contributed by atoms with Gasteiger partial charge in [0.1, 0.15) is 12.2 Å². The van der Waals surface area contributed by atoms with Gasteiger partial charge in [-0.1, -0.05) is 13.5 Å². The predicted octanol–water partition coefficient (Wildman–Crippen LogP) is 1.19. The molecule has 0 heterocycles. The first kappa shape index (κ1) is 8.88. The fourth-order valence-electron chi connectivity index (χ4n) is 0.476. The molecule has 1 N–H and O–H groups in total. The smallest absolute Gasteiger partial charge is 0.111 e. The van der Waals surface area contributed by atoms with Crippen molar-refractivity contribution in [2.24, 2.45) is 9.98 Å². The molecule has 0 rings (SSSR count). The molecular formula is C7H13N3. The van der Waals surface area contributed by atoms with Crippen molar-refractivity contribution in [1.29, 1.82) is 0 Å². The van der Waals surface area contributed by atoms with E-state index in [1.807, 2.05) is 6.92 Å². The van der Waals surface area contributed by atoms with Crippen molar-refractivity contribution in [2.45, 2.75) is 13.3 Å². The Balaban J connectivity index is 3.89. The summed E-state index contributed by atoms with van der Waals surface area (Å²) in [5, 5.41) is 2.89. The van der Waals surface area contributed by atoms with Crippen LogP contribution in [-0.2, 0) is 0 Å². The number of hydrogen-bond acceptors (Lipinski definition) is 1. The summed E-state index contributed by atoms with van der Waals surface area (Å²) in [7, 11) is 1.69. The van der Waals surface area contributed by atoms with Crippen LogP contribution in [0.2, 0.25) is 0 Å². The first-order chi connectivity index (χ1) is 4.85. The van der Waals surface area contributed by atoms with Gasteiger partial charge in [0.25, 0.3) is 0 Å². The van der Waals surface area contributed by atoms with Crippen LogP contribution in [0, 0.1) is 0 Å². The van der Waals surface area contributed by atoms with E-state index in [0.717, 1.165) is 12.3 Å². The highest BCUT2D eigenvalue weighted by atomic mass is 15.0. The number of rotatable bonds is 3. The van der Waals surface area contributed by atoms with E-state index in [4.69, 9.17) is 0 Å². The summed E-state index contributed by atoms with van der Waals surface area (Å²) in [6, 6.07) is 0. The van der Waals surface area contributed by atoms with E-state index in [-0.39, 0.29) is 0 Å². The Bertz CT molecular complexity index is 147. The van der Waals surface area contributed by atoms with E-state index in [1.165, 1.54) is 6.34 Å². The number of aliphatic imine (C=N–C) groups is 2. The molecule has 10 heavy (non-hydrogen) atoms. The molecule has 0 unspecified atom stereocenters. The van der Waals surface area contributed by atoms with Crippen LogP contribution in [0.5, 0.6) is 0 Å². The second-order valence-electron chi connectivity index (χ2n) is 1.65. The van der Waals surface area contributed by atoms with Gasteiger partial charge in [-0.3, -0.25) is 4.99 Å². The normalized spacial score (nSPS) is 12.0. The Labute approximate surface area is 61.6 Å². The molecule has 0 aromatic rings. The topological polar surface area (TPSA) is 36.8 Å². The molecule has 0 atom stereocenters. The van der Waals surface area contributed by atoms with E-state index >= 15 is 0 Å². The highest BCUT2D eigenvalue weighted by Gasteiger charge is 1.86. The number of nitrogens with one attached hydrogen (secondary N) is 1. The monoisotopic (exact) mass is 139 g/mol. The quantitative estimate of drug-likeness (QED) is 0.462. The van der Waals surface area contributed by atoms with Crippen LogP contribution < -0.4 is 5.32 Å². The maximum atomic E-state index is 3.99. The number of hydrogen-bond donors (Lipinski definition) is 1. The number of nitrogens with zero attached hydrogens (tertiary/aromatic N) is 2. The van der Waals surface area contributed by atoms with Gasteiger partial charge >= 0.3 is 0 Å². The van der Waals surface area contributed by atoms with Gasteiger partial charge in [-0.25, -0.2) is 4.99 Å². The standard InChI is InChI=1S/C7H13N3/c1-4-7(9-5-2)10-6-8-3/h5-6H,2,4H2,1,3H3,(H,8,9,10). The lowest BCUT2D eigenvalue weighted by molar-refractivity contribution is 1.14. The molecule has 0 amide bonds. The van der Waals surface area contributed by atoms with Crippen molar-refractivity contribution in [3.05, 3.63) is 12.8 Å². The molecule has 0 radical (unpaired) electrons. The van der Waals surface area contributed by atoms with Crippen molar-refractivity contribution in [3.8, 4) is 0 Å². The maximum absolute atomic E-state index is 3.99. The van der Waals surface area contributed by atoms with Crippen LogP contribution in [-0.4, -0.2) is 19.2 Å². The van der Waals surface area contributed by atoms with Gasteiger partial charge in [0.2, 0.25) is 0 Å². The zero-order valence-electron chi connectivity index (χ0n) is 6.46. The van der Waals surface area contributed by atoms with E-state index in [0.29, 0.717) is 0 Å². The summed E-state index contributed by atoms with van der Waals surface area (Å²) < 4.78 is 0. The summed E-state index contributed by atoms with van der Waals surface area (Å²) in [5.74, 6) is 0.876. The molecule has 0 fully saturated rings. The van der Waals surface area contributed by atoms with Crippen molar-refractivity contribution in [3.63, 3.8) is 0 Å². The van der Waals surface area contributed by atoms with Gasteiger partial charge in [-0.2, -0.15) is 0 Å². The summed E-state index contributed by atoms with van der Waals surface area (Å²) in [4.78, 5) is 7.71. The fourth-order valence-corrected chi connectivity index (χ4v) is 0.476. The molecule has 3 heteroatoms. The molecule has 0 bridgehead atoms. The van der Waals surface area contributed by atoms with E-state index < -0.39 is 0 Å². The van der Waals surface area contributed by atoms with Gasteiger partial charge in [-0.15, -0.1) is 0 Å². The van der Waals surface area contributed by atoms with Crippen LogP contribution in [0.15, 0.2) is 22.8 Å². The maximum Gasteiger partial charge on any atom is 0.111 e. The Morgan fingerprint density at radius 2 is 2.40 bits per heavy atom. The summed E-state index contributed by atoms with van der Waals surface area (Å²) >= 11 is 0. The Kier molecular flexibility index (Phi) is 5.33. The molecule has 0 saturated heterocycles. The molecule has 3 nitrogen and oxygen atoms in total. The zero-order valence-corrected chi connectivity index (χ0v) is 6.46. The second-order valence-corrected chi connectivity index (χ2v) is 1.65. The lowest BCUT2D eigenvalue weighted by Crippen LogP contribution is -2.15. The third kappa shape index (κ3) is 3.83. The molecule has 0 aliphatic carbocycles. The third-order valence-corrected chi connectivity index (χ3v) is 0.933. The fraction of sp³-hybridized carbons (Fsp3) is 0.429. The SMILES string of the molecule is C=CN/C(CC)=N/C=N\C. The Morgan fingerprint density at radius 1 is 1.70 bits per heavy atom. The average molecular weight is 139 g/mol. The van der Waals surface area contributed by atoms with Gasteiger partial charge in [-0.05, 0) is 6.20 Å². The van der Waals surface area contributed by atoms with Crippen LogP contribution in [0.25, 0.3) is 0 Å². The minimum Gasteiger partial charge on any atom is -0.351 e. The molecule has 0 aromatic carbocycles. The van der Waals surface area contributed by atoms with Gasteiger partial charge < -0.3 is 5.32 Å². The van der Waals surface area contributed by atoms with E-state index in [2.05, 4.69) is 21.9 Å². The highest BCUT2D eigenvalue weighted by molar-refractivity contribution is 5.89. The van der Waals surface area contributed by atoms with E-state index in [9.17, 15) is 0 Å². The first-order valence-electron chi connectivity index (χ1n) is 3.19. The minimum atomic E-state index is 0.859. The summed E-state index contributed by atoms with van der Waals surface area (Å²) in [6.45, 7) is 5.53. The van der Waals surface area contributed by atoms with Crippen molar-refractivity contribution in [2.75, 3.05) is 7.05 Å². The largest absolute Gasteiger partial charge is 0.351 e. The summed E-state index contributed by atoms with van der Waals surface area (Å²) in [6.07, 6.45) is 3.97.